The molecule has 0 spiro atoms. The Bertz CT molecular complexity index is 297. The monoisotopic (exact) mass is 244 g/mol. The van der Waals surface area contributed by atoms with Crippen LogP contribution in [0.25, 0.3) is 0 Å². The van der Waals surface area contributed by atoms with Gasteiger partial charge < -0.3 is 9.47 Å². The fourth-order valence-electron chi connectivity index (χ4n) is 1.33. The lowest BCUT2D eigenvalue weighted by Gasteiger charge is -2.12. The maximum atomic E-state index is 5.28. The molecule has 1 rings (SSSR count). The first kappa shape index (κ1) is 10.4. The average Bonchev–Trinajstić information content (AvgIpc) is 2.17. The van der Waals surface area contributed by atoms with Crippen molar-refractivity contribution in [3.63, 3.8) is 0 Å². The van der Waals surface area contributed by atoms with Crippen molar-refractivity contribution in [2.75, 3.05) is 14.2 Å². The smallest absolute Gasteiger partial charge is 0.139 e. The minimum atomic E-state index is 0.863. The molecule has 0 saturated heterocycles. The highest BCUT2D eigenvalue weighted by Gasteiger charge is 2.10. The Morgan fingerprint density at radius 2 is 1.92 bits per heavy atom. The molecule has 0 atom stereocenters. The normalized spacial score (nSPS) is 9.85. The van der Waals surface area contributed by atoms with Crippen LogP contribution in [0.15, 0.2) is 16.6 Å². The molecule has 0 aliphatic heterocycles. The summed E-state index contributed by atoms with van der Waals surface area (Å²) in [5, 5.41) is 0. The van der Waals surface area contributed by atoms with Gasteiger partial charge in [-0.15, -0.1) is 0 Å². The van der Waals surface area contributed by atoms with E-state index in [0.717, 1.165) is 28.0 Å². The Morgan fingerprint density at radius 3 is 2.38 bits per heavy atom. The second-order valence-corrected chi connectivity index (χ2v) is 3.47. The van der Waals surface area contributed by atoms with Crippen LogP contribution in [0.1, 0.15) is 12.5 Å². The van der Waals surface area contributed by atoms with E-state index < -0.39 is 0 Å². The number of rotatable bonds is 3. The van der Waals surface area contributed by atoms with Crippen molar-refractivity contribution in [2.24, 2.45) is 0 Å². The third-order valence-electron chi connectivity index (χ3n) is 1.95. The van der Waals surface area contributed by atoms with E-state index >= 15 is 0 Å². The van der Waals surface area contributed by atoms with E-state index in [0.29, 0.717) is 0 Å². The van der Waals surface area contributed by atoms with Gasteiger partial charge in [0, 0.05) is 5.56 Å². The van der Waals surface area contributed by atoms with Gasteiger partial charge in [0.15, 0.2) is 0 Å². The molecule has 1 aromatic carbocycles. The van der Waals surface area contributed by atoms with E-state index in [1.807, 2.05) is 12.1 Å². The van der Waals surface area contributed by atoms with Gasteiger partial charge in [-0.25, -0.2) is 0 Å². The molecule has 72 valence electrons. The Balaban J connectivity index is 3.27. The lowest BCUT2D eigenvalue weighted by atomic mass is 10.1. The van der Waals surface area contributed by atoms with Crippen molar-refractivity contribution in [3.05, 3.63) is 22.2 Å². The summed E-state index contributed by atoms with van der Waals surface area (Å²) in [6.45, 7) is 2.08. The molecule has 0 unspecified atom stereocenters. The fourth-order valence-corrected chi connectivity index (χ4v) is 1.86. The molecule has 0 bridgehead atoms. The molecule has 0 saturated carbocycles. The van der Waals surface area contributed by atoms with Crippen LogP contribution >= 0.6 is 15.9 Å². The van der Waals surface area contributed by atoms with Gasteiger partial charge in [0.2, 0.25) is 0 Å². The molecule has 0 aromatic heterocycles. The Hall–Kier alpha value is -0.700. The minimum Gasteiger partial charge on any atom is -0.496 e. The first-order chi connectivity index (χ1) is 6.24. The van der Waals surface area contributed by atoms with Crippen LogP contribution in [0.4, 0.5) is 0 Å². The largest absolute Gasteiger partial charge is 0.496 e. The second kappa shape index (κ2) is 4.51. The van der Waals surface area contributed by atoms with Gasteiger partial charge in [-0.2, -0.15) is 0 Å². The number of halogens is 1. The maximum Gasteiger partial charge on any atom is 0.139 e. The number of hydrogen-bond donors (Lipinski definition) is 0. The molecule has 3 heteroatoms. The average molecular weight is 245 g/mol. The molecule has 1 aromatic rings. The second-order valence-electron chi connectivity index (χ2n) is 2.62. The van der Waals surface area contributed by atoms with Crippen LogP contribution in [0.3, 0.4) is 0 Å². The quantitative estimate of drug-likeness (QED) is 0.814. The van der Waals surface area contributed by atoms with Crippen molar-refractivity contribution in [1.82, 2.24) is 0 Å². The summed E-state index contributed by atoms with van der Waals surface area (Å²) in [6.07, 6.45) is 0.895. The summed E-state index contributed by atoms with van der Waals surface area (Å²) in [7, 11) is 3.33. The molecular weight excluding hydrogens is 232 g/mol. The SMILES string of the molecule is CCc1c(OC)ccc(Br)c1OC. The number of hydrogen-bond acceptors (Lipinski definition) is 2. The third-order valence-corrected chi connectivity index (χ3v) is 2.57. The molecule has 0 radical (unpaired) electrons. The van der Waals surface area contributed by atoms with Crippen LogP contribution in [0.5, 0.6) is 11.5 Å². The highest BCUT2D eigenvalue weighted by atomic mass is 79.9. The van der Waals surface area contributed by atoms with E-state index in [9.17, 15) is 0 Å². The summed E-state index contributed by atoms with van der Waals surface area (Å²) >= 11 is 3.43. The minimum absolute atomic E-state index is 0.863. The predicted molar refractivity (Wildman–Crippen MR) is 56.6 cm³/mol. The van der Waals surface area contributed by atoms with Crippen LogP contribution in [0, 0.1) is 0 Å². The Labute approximate surface area is 87.0 Å². The lowest BCUT2D eigenvalue weighted by molar-refractivity contribution is 0.384. The van der Waals surface area contributed by atoms with Gasteiger partial charge in [0.1, 0.15) is 11.5 Å². The van der Waals surface area contributed by atoms with Crippen LogP contribution in [0.2, 0.25) is 0 Å². The van der Waals surface area contributed by atoms with E-state index in [4.69, 9.17) is 9.47 Å². The molecular formula is C10H13BrO2. The summed E-state index contributed by atoms with van der Waals surface area (Å²) in [6, 6.07) is 3.86. The van der Waals surface area contributed by atoms with Gasteiger partial charge in [-0.3, -0.25) is 0 Å². The van der Waals surface area contributed by atoms with Crippen LogP contribution in [-0.2, 0) is 6.42 Å². The maximum absolute atomic E-state index is 5.28. The summed E-state index contributed by atoms with van der Waals surface area (Å²) < 4.78 is 11.5. The van der Waals surface area contributed by atoms with E-state index in [1.54, 1.807) is 14.2 Å². The van der Waals surface area contributed by atoms with Gasteiger partial charge in [0.25, 0.3) is 0 Å². The van der Waals surface area contributed by atoms with Crippen LogP contribution in [-0.4, -0.2) is 14.2 Å². The predicted octanol–water partition coefficient (Wildman–Crippen LogP) is 3.03. The molecule has 0 aliphatic carbocycles. The van der Waals surface area contributed by atoms with Crippen molar-refractivity contribution in [2.45, 2.75) is 13.3 Å². The zero-order valence-electron chi connectivity index (χ0n) is 8.06. The number of benzene rings is 1. The molecule has 0 N–H and O–H groups in total. The molecule has 2 nitrogen and oxygen atoms in total. The topological polar surface area (TPSA) is 18.5 Å². The van der Waals surface area contributed by atoms with Gasteiger partial charge in [0.05, 0.1) is 18.7 Å². The number of ether oxygens (including phenoxy) is 2. The summed E-state index contributed by atoms with van der Waals surface area (Å²) in [5.74, 6) is 1.74. The Morgan fingerprint density at radius 1 is 1.23 bits per heavy atom. The van der Waals surface area contributed by atoms with Gasteiger partial charge in [-0.1, -0.05) is 6.92 Å². The molecule has 0 aliphatic rings. The van der Waals surface area contributed by atoms with E-state index in [2.05, 4.69) is 22.9 Å². The Kier molecular flexibility index (Phi) is 3.60. The van der Waals surface area contributed by atoms with E-state index in [-0.39, 0.29) is 0 Å². The third kappa shape index (κ3) is 1.97. The zero-order valence-corrected chi connectivity index (χ0v) is 9.64. The van der Waals surface area contributed by atoms with Crippen LogP contribution < -0.4 is 9.47 Å². The summed E-state index contributed by atoms with van der Waals surface area (Å²) in [5.41, 5.74) is 1.10. The fraction of sp³-hybridized carbons (Fsp3) is 0.400. The molecule has 0 amide bonds. The zero-order chi connectivity index (χ0) is 9.84. The standard InChI is InChI=1S/C10H13BrO2/c1-4-7-9(12-2)6-5-8(11)10(7)13-3/h5-6H,4H2,1-3H3. The van der Waals surface area contributed by atoms with Crippen molar-refractivity contribution >= 4 is 15.9 Å². The number of methoxy groups -OCH3 is 2. The molecule has 0 heterocycles. The van der Waals surface area contributed by atoms with Gasteiger partial charge >= 0.3 is 0 Å². The molecule has 0 fully saturated rings. The van der Waals surface area contributed by atoms with Gasteiger partial charge in [-0.05, 0) is 34.5 Å². The highest BCUT2D eigenvalue weighted by Crippen LogP contribution is 2.35. The first-order valence-corrected chi connectivity index (χ1v) is 4.93. The van der Waals surface area contributed by atoms with Crippen molar-refractivity contribution in [3.8, 4) is 11.5 Å². The highest BCUT2D eigenvalue weighted by molar-refractivity contribution is 9.10. The first-order valence-electron chi connectivity index (χ1n) is 4.14. The van der Waals surface area contributed by atoms with E-state index in [1.165, 1.54) is 0 Å². The van der Waals surface area contributed by atoms with Crippen molar-refractivity contribution < 1.29 is 9.47 Å². The molecule has 13 heavy (non-hydrogen) atoms. The lowest BCUT2D eigenvalue weighted by Crippen LogP contribution is -1.96. The van der Waals surface area contributed by atoms with Crippen molar-refractivity contribution in [1.29, 1.82) is 0 Å². The summed E-state index contributed by atoms with van der Waals surface area (Å²) in [4.78, 5) is 0.